The number of fused-ring (bicyclic) bond motifs is 1. The second kappa shape index (κ2) is 7.72. The second-order valence-corrected chi connectivity index (χ2v) is 9.41. The number of nitrogens with one attached hydrogen (secondary N) is 1. The number of nitrogens with zero attached hydrogens (tertiary/aromatic N) is 4. The first-order chi connectivity index (χ1) is 16.5. The first-order valence-corrected chi connectivity index (χ1v) is 11.7. The van der Waals surface area contributed by atoms with E-state index in [0.717, 1.165) is 11.3 Å². The number of rotatable bonds is 2. The largest absolute Gasteiger partial charge is 0.454 e. The molecule has 5 heterocycles. The van der Waals surface area contributed by atoms with Crippen molar-refractivity contribution in [3.63, 3.8) is 0 Å². The van der Waals surface area contributed by atoms with Crippen molar-refractivity contribution < 1.29 is 23.5 Å². The van der Waals surface area contributed by atoms with Crippen LogP contribution in [0.1, 0.15) is 28.1 Å². The van der Waals surface area contributed by atoms with Gasteiger partial charge in [-0.25, -0.2) is 14.2 Å². The molecule has 1 unspecified atom stereocenters. The summed E-state index contributed by atoms with van der Waals surface area (Å²) in [4.78, 5) is 34.5. The van der Waals surface area contributed by atoms with Gasteiger partial charge < -0.3 is 19.7 Å². The van der Waals surface area contributed by atoms with Crippen molar-refractivity contribution in [1.82, 2.24) is 9.88 Å². The molecule has 1 saturated heterocycles. The van der Waals surface area contributed by atoms with Crippen LogP contribution in [-0.2, 0) is 0 Å². The van der Waals surface area contributed by atoms with E-state index in [2.05, 4.69) is 16.4 Å². The van der Waals surface area contributed by atoms with E-state index in [9.17, 15) is 19.2 Å². The molecule has 2 aromatic heterocycles. The number of likely N-dealkylation sites (tertiary alicyclic amines) is 1. The van der Waals surface area contributed by atoms with Crippen LogP contribution in [-0.4, -0.2) is 47.9 Å². The van der Waals surface area contributed by atoms with Gasteiger partial charge in [-0.3, -0.25) is 9.69 Å². The molecule has 1 aromatic carbocycles. The number of aromatic nitrogens is 1. The number of carbonyl (C=O) groups is 2. The molecule has 172 valence electrons. The number of anilines is 3. The van der Waals surface area contributed by atoms with Gasteiger partial charge >= 0.3 is 6.03 Å². The summed E-state index contributed by atoms with van der Waals surface area (Å²) in [5, 5.41) is 13.3. The predicted octanol–water partition coefficient (Wildman–Crippen LogP) is 4.81. The molecule has 0 radical (unpaired) electrons. The molecule has 1 N–H and O–H groups in total. The number of benzene rings is 1. The fourth-order valence-electron chi connectivity index (χ4n) is 4.51. The van der Waals surface area contributed by atoms with Gasteiger partial charge in [0.25, 0.3) is 5.91 Å². The van der Waals surface area contributed by atoms with Gasteiger partial charge in [-0.2, -0.15) is 5.26 Å². The van der Waals surface area contributed by atoms with Crippen molar-refractivity contribution >= 4 is 62.2 Å². The molecule has 12 heteroatoms. The normalized spacial score (nSPS) is 18.7. The molecular formula is C22H15ClFN5O4S. The topological polar surface area (TPSA) is 108 Å². The number of amides is 3. The highest BCUT2D eigenvalue weighted by Gasteiger charge is 2.39. The van der Waals surface area contributed by atoms with E-state index in [4.69, 9.17) is 21.1 Å². The van der Waals surface area contributed by atoms with Crippen LogP contribution in [0.25, 0.3) is 10.2 Å². The van der Waals surface area contributed by atoms with Crippen molar-refractivity contribution in [3.05, 3.63) is 33.8 Å². The summed E-state index contributed by atoms with van der Waals surface area (Å²) in [6.45, 7) is 0.391. The average molecular weight is 500 g/mol. The second-order valence-electron chi connectivity index (χ2n) is 8.00. The highest BCUT2D eigenvalue weighted by Crippen LogP contribution is 2.53. The summed E-state index contributed by atoms with van der Waals surface area (Å²) < 4.78 is 25.0. The molecule has 0 bridgehead atoms. The van der Waals surface area contributed by atoms with Crippen LogP contribution in [0.4, 0.5) is 26.2 Å². The standard InChI is InChI=1S/C22H15ClFN5O4S/c23-12-3-4-13-18(33-9-32-13)17(12)29-16-10(6-25)7-26-20-14(16)15(27-22(29)31)19(34-20)21(30)28-5-1-2-11(24)8-28/h3-4,7,11H,1-2,5,8-9H2,(H,27,31). The van der Waals surface area contributed by atoms with E-state index >= 15 is 0 Å². The van der Waals surface area contributed by atoms with Crippen molar-refractivity contribution in [2.75, 3.05) is 30.1 Å². The minimum atomic E-state index is -1.09. The zero-order valence-electron chi connectivity index (χ0n) is 17.4. The smallest absolute Gasteiger partial charge is 0.331 e. The summed E-state index contributed by atoms with van der Waals surface area (Å²) in [5.41, 5.74) is 0.844. The highest BCUT2D eigenvalue weighted by atomic mass is 35.5. The maximum Gasteiger partial charge on any atom is 0.331 e. The first-order valence-electron chi connectivity index (χ1n) is 10.5. The third-order valence-corrected chi connectivity index (χ3v) is 7.40. The van der Waals surface area contributed by atoms with Gasteiger partial charge in [-0.15, -0.1) is 11.3 Å². The lowest BCUT2D eigenvalue weighted by Crippen LogP contribution is -2.41. The minimum absolute atomic E-state index is 0.000575. The van der Waals surface area contributed by atoms with Crippen LogP contribution in [0, 0.1) is 11.3 Å². The third-order valence-electron chi connectivity index (χ3n) is 6.00. The molecule has 0 aliphatic carbocycles. The van der Waals surface area contributed by atoms with Crippen LogP contribution >= 0.6 is 22.9 Å². The lowest BCUT2D eigenvalue weighted by molar-refractivity contribution is 0.0642. The Morgan fingerprint density at radius 2 is 2.21 bits per heavy atom. The number of ether oxygens (including phenoxy) is 2. The third kappa shape index (κ3) is 2.99. The fourth-order valence-corrected chi connectivity index (χ4v) is 5.81. The zero-order valence-corrected chi connectivity index (χ0v) is 19.0. The van der Waals surface area contributed by atoms with E-state index in [1.165, 1.54) is 16.0 Å². The van der Waals surface area contributed by atoms with Gasteiger partial charge in [0, 0.05) is 12.7 Å². The Labute approximate surface area is 201 Å². The molecule has 0 spiro atoms. The van der Waals surface area contributed by atoms with Crippen LogP contribution < -0.4 is 19.7 Å². The number of hydrogen-bond donors (Lipinski definition) is 1. The Morgan fingerprint density at radius 1 is 1.35 bits per heavy atom. The number of thiophene rings is 1. The van der Waals surface area contributed by atoms with Gasteiger partial charge in [0.05, 0.1) is 33.9 Å². The van der Waals surface area contributed by atoms with Crippen molar-refractivity contribution in [3.8, 4) is 17.6 Å². The molecule has 0 saturated carbocycles. The number of pyridine rings is 1. The quantitative estimate of drug-likeness (QED) is 0.542. The molecule has 1 atom stereocenters. The van der Waals surface area contributed by atoms with Gasteiger partial charge in [0.1, 0.15) is 27.6 Å². The van der Waals surface area contributed by atoms with E-state index in [1.807, 2.05) is 0 Å². The monoisotopic (exact) mass is 499 g/mol. The van der Waals surface area contributed by atoms with Gasteiger partial charge in [-0.05, 0) is 25.0 Å². The zero-order chi connectivity index (χ0) is 23.6. The van der Waals surface area contributed by atoms with Crippen molar-refractivity contribution in [2.45, 2.75) is 19.0 Å². The summed E-state index contributed by atoms with van der Waals surface area (Å²) in [6.07, 6.45) is 1.25. The number of piperidine rings is 1. The van der Waals surface area contributed by atoms with E-state index in [0.29, 0.717) is 35.4 Å². The van der Waals surface area contributed by atoms with Gasteiger partial charge in [0.2, 0.25) is 6.79 Å². The van der Waals surface area contributed by atoms with E-state index < -0.39 is 12.2 Å². The molecule has 3 aromatic rings. The Hall–Kier alpha value is -3.62. The van der Waals surface area contributed by atoms with Gasteiger partial charge in [-0.1, -0.05) is 11.6 Å². The Balaban J connectivity index is 1.57. The van der Waals surface area contributed by atoms with Crippen molar-refractivity contribution in [1.29, 1.82) is 5.26 Å². The van der Waals surface area contributed by atoms with Crippen molar-refractivity contribution in [2.24, 2.45) is 0 Å². The first kappa shape index (κ1) is 20.9. The number of alkyl halides is 1. The molecule has 9 nitrogen and oxygen atoms in total. The molecule has 3 amide bonds. The van der Waals surface area contributed by atoms with E-state index in [-0.39, 0.29) is 57.5 Å². The van der Waals surface area contributed by atoms with Crippen LogP contribution in [0.2, 0.25) is 5.02 Å². The van der Waals surface area contributed by atoms with E-state index in [1.54, 1.807) is 12.1 Å². The van der Waals surface area contributed by atoms with Gasteiger partial charge in [0.15, 0.2) is 11.5 Å². The lowest BCUT2D eigenvalue weighted by atomic mass is 10.1. The molecule has 1 fully saturated rings. The summed E-state index contributed by atoms with van der Waals surface area (Å²) in [5.74, 6) is 0.302. The Bertz CT molecular complexity index is 1440. The minimum Gasteiger partial charge on any atom is -0.454 e. The number of hydrogen-bond acceptors (Lipinski definition) is 7. The molecule has 6 rings (SSSR count). The number of carbonyl (C=O) groups excluding carboxylic acids is 2. The average Bonchev–Trinajstić information content (AvgIpc) is 3.45. The summed E-state index contributed by atoms with van der Waals surface area (Å²) >= 11 is 7.57. The maximum absolute atomic E-state index is 14.0. The fraction of sp³-hybridized carbons (Fsp3) is 0.273. The number of urea groups is 1. The molecule has 3 aliphatic rings. The van der Waals surface area contributed by atoms with Crippen LogP contribution in [0.5, 0.6) is 11.5 Å². The predicted molar refractivity (Wildman–Crippen MR) is 123 cm³/mol. The number of nitriles is 1. The highest BCUT2D eigenvalue weighted by molar-refractivity contribution is 7.21. The van der Waals surface area contributed by atoms with Crippen LogP contribution in [0.15, 0.2) is 18.3 Å². The maximum atomic E-state index is 14.0. The molecule has 3 aliphatic heterocycles. The Morgan fingerprint density at radius 3 is 3.00 bits per heavy atom. The Kier molecular flexibility index (Phi) is 4.75. The van der Waals surface area contributed by atoms with Crippen LogP contribution in [0.3, 0.4) is 0 Å². The summed E-state index contributed by atoms with van der Waals surface area (Å²) in [7, 11) is 0. The summed E-state index contributed by atoms with van der Waals surface area (Å²) in [6, 6.07) is 4.65. The molecular weight excluding hydrogens is 485 g/mol. The lowest BCUT2D eigenvalue weighted by Gasteiger charge is -2.31. The SMILES string of the molecule is N#Cc1cnc2sc(C(=O)N3CCCC(F)C3)c3c2c1N(c1c(Cl)ccc2c1OCO2)C(=O)N3. The number of halogens is 2. The molecule has 34 heavy (non-hydrogen) atoms.